The summed E-state index contributed by atoms with van der Waals surface area (Å²) in [4.78, 5) is 21.9. The Kier molecular flexibility index (Phi) is 4.00. The summed E-state index contributed by atoms with van der Waals surface area (Å²) in [5.41, 5.74) is -1.16. The molecule has 1 saturated heterocycles. The third-order valence-electron chi connectivity index (χ3n) is 2.20. The minimum atomic E-state index is -1.16. The maximum atomic E-state index is 11.2. The van der Waals surface area contributed by atoms with E-state index in [2.05, 4.69) is 5.18 Å². The highest BCUT2D eigenvalue weighted by Gasteiger charge is 2.37. The molecule has 0 aromatic heterocycles. The predicted molar refractivity (Wildman–Crippen MR) is 49.6 cm³/mol. The van der Waals surface area contributed by atoms with E-state index in [0.717, 1.165) is 0 Å². The molecule has 1 fully saturated rings. The van der Waals surface area contributed by atoms with Crippen LogP contribution >= 0.6 is 0 Å². The molecule has 5 nitrogen and oxygen atoms in total. The predicted octanol–water partition coefficient (Wildman–Crippen LogP) is 1.60. The average Bonchev–Trinajstić information content (AvgIpc) is 2.19. The Bertz CT molecular complexity index is 211. The zero-order chi connectivity index (χ0) is 10.4. The highest BCUT2D eigenvalue weighted by Crippen LogP contribution is 2.26. The zero-order valence-corrected chi connectivity index (χ0v) is 8.32. The monoisotopic (exact) mass is 201 g/mol. The van der Waals surface area contributed by atoms with Crippen LogP contribution < -0.4 is 0 Å². The molecule has 0 aliphatic carbocycles. The van der Waals surface area contributed by atoms with E-state index >= 15 is 0 Å². The Balaban J connectivity index is 2.51. The number of rotatable bonds is 4. The van der Waals surface area contributed by atoms with Crippen LogP contribution in [0.15, 0.2) is 5.18 Å². The van der Waals surface area contributed by atoms with E-state index < -0.39 is 5.72 Å². The number of esters is 1. The first-order valence-electron chi connectivity index (χ1n) is 4.86. The van der Waals surface area contributed by atoms with E-state index in [1.807, 2.05) is 6.92 Å². The minimum Gasteiger partial charge on any atom is -0.433 e. The van der Waals surface area contributed by atoms with Gasteiger partial charge in [-0.1, -0.05) is 6.92 Å². The topological polar surface area (TPSA) is 65.0 Å². The Labute approximate surface area is 82.7 Å². The highest BCUT2D eigenvalue weighted by atomic mass is 16.6. The molecule has 0 saturated carbocycles. The van der Waals surface area contributed by atoms with Crippen molar-refractivity contribution in [3.8, 4) is 0 Å². The molecule has 0 unspecified atom stereocenters. The fraction of sp³-hybridized carbons (Fsp3) is 0.889. The van der Waals surface area contributed by atoms with Crippen LogP contribution in [-0.2, 0) is 14.3 Å². The molecule has 1 rings (SSSR count). The second kappa shape index (κ2) is 5.05. The van der Waals surface area contributed by atoms with Crippen LogP contribution in [0.25, 0.3) is 0 Å². The fourth-order valence-electron chi connectivity index (χ4n) is 1.37. The van der Waals surface area contributed by atoms with E-state index in [1.165, 1.54) is 0 Å². The Morgan fingerprint density at radius 1 is 1.50 bits per heavy atom. The van der Waals surface area contributed by atoms with E-state index in [0.29, 0.717) is 38.9 Å². The van der Waals surface area contributed by atoms with Crippen molar-refractivity contribution in [1.29, 1.82) is 0 Å². The van der Waals surface area contributed by atoms with E-state index in [-0.39, 0.29) is 5.97 Å². The highest BCUT2D eigenvalue weighted by molar-refractivity contribution is 5.69. The lowest BCUT2D eigenvalue weighted by Crippen LogP contribution is -2.38. The summed E-state index contributed by atoms with van der Waals surface area (Å²) in [5, 5.41) is 2.93. The first kappa shape index (κ1) is 11.1. The van der Waals surface area contributed by atoms with Gasteiger partial charge in [-0.25, -0.2) is 0 Å². The Morgan fingerprint density at radius 2 is 2.14 bits per heavy atom. The summed E-state index contributed by atoms with van der Waals surface area (Å²) in [5.74, 6) is -0.353. The molecule has 0 spiro atoms. The molecular formula is C9H15NO4. The van der Waals surface area contributed by atoms with Crippen molar-refractivity contribution in [1.82, 2.24) is 0 Å². The van der Waals surface area contributed by atoms with Gasteiger partial charge in [-0.15, -0.1) is 4.91 Å². The lowest BCUT2D eigenvalue weighted by atomic mass is 10.1. The van der Waals surface area contributed by atoms with Gasteiger partial charge >= 0.3 is 5.97 Å². The summed E-state index contributed by atoms with van der Waals surface area (Å²) >= 11 is 0. The maximum absolute atomic E-state index is 11.2. The van der Waals surface area contributed by atoms with Crippen LogP contribution in [-0.4, -0.2) is 24.9 Å². The van der Waals surface area contributed by atoms with Crippen LogP contribution in [0.1, 0.15) is 32.6 Å². The molecule has 80 valence electrons. The van der Waals surface area contributed by atoms with Crippen LogP contribution in [0.3, 0.4) is 0 Å². The quantitative estimate of drug-likeness (QED) is 0.512. The molecule has 14 heavy (non-hydrogen) atoms. The molecule has 0 N–H and O–H groups in total. The molecule has 0 aromatic rings. The van der Waals surface area contributed by atoms with Gasteiger partial charge in [-0.2, -0.15) is 0 Å². The molecule has 0 radical (unpaired) electrons. The molecule has 0 bridgehead atoms. The van der Waals surface area contributed by atoms with Gasteiger partial charge in [0.1, 0.15) is 0 Å². The van der Waals surface area contributed by atoms with Gasteiger partial charge in [-0.05, 0) is 11.6 Å². The van der Waals surface area contributed by atoms with Crippen molar-refractivity contribution in [3.63, 3.8) is 0 Å². The molecule has 5 heteroatoms. The van der Waals surface area contributed by atoms with Crippen LogP contribution in [0.5, 0.6) is 0 Å². The molecule has 0 amide bonds. The van der Waals surface area contributed by atoms with Crippen molar-refractivity contribution in [2.24, 2.45) is 5.18 Å². The van der Waals surface area contributed by atoms with Gasteiger partial charge in [0.25, 0.3) is 0 Å². The normalized spacial score (nSPS) is 20.1. The summed E-state index contributed by atoms with van der Waals surface area (Å²) in [6, 6.07) is 0. The Morgan fingerprint density at radius 3 is 2.64 bits per heavy atom. The van der Waals surface area contributed by atoms with Crippen LogP contribution in [0.2, 0.25) is 0 Å². The van der Waals surface area contributed by atoms with Gasteiger partial charge < -0.3 is 9.47 Å². The first-order valence-corrected chi connectivity index (χ1v) is 4.86. The van der Waals surface area contributed by atoms with Gasteiger partial charge in [0.2, 0.25) is 5.72 Å². The molecule has 0 aromatic carbocycles. The minimum absolute atomic E-state index is 0.331. The number of carbonyl (C=O) groups excluding carboxylic acids is 1. The van der Waals surface area contributed by atoms with Crippen molar-refractivity contribution < 1.29 is 14.3 Å². The molecule has 0 atom stereocenters. The summed E-state index contributed by atoms with van der Waals surface area (Å²) < 4.78 is 10.1. The van der Waals surface area contributed by atoms with Gasteiger partial charge in [-0.3, -0.25) is 4.79 Å². The lowest BCUT2D eigenvalue weighted by molar-refractivity contribution is -0.168. The molecule has 1 heterocycles. The maximum Gasteiger partial charge on any atom is 0.308 e. The second-order valence-corrected chi connectivity index (χ2v) is 3.37. The second-order valence-electron chi connectivity index (χ2n) is 3.37. The smallest absolute Gasteiger partial charge is 0.308 e. The van der Waals surface area contributed by atoms with Gasteiger partial charge in [0.05, 0.1) is 13.2 Å². The number of hydrogen-bond donors (Lipinski definition) is 0. The Hall–Kier alpha value is -0.970. The summed E-state index contributed by atoms with van der Waals surface area (Å²) in [6.07, 6.45) is 1.78. The number of ether oxygens (including phenoxy) is 2. The third-order valence-corrected chi connectivity index (χ3v) is 2.20. The number of nitrogens with zero attached hydrogens (tertiary/aromatic N) is 1. The zero-order valence-electron chi connectivity index (χ0n) is 8.32. The van der Waals surface area contributed by atoms with Gasteiger partial charge in [0.15, 0.2) is 0 Å². The van der Waals surface area contributed by atoms with Gasteiger partial charge in [0, 0.05) is 19.3 Å². The van der Waals surface area contributed by atoms with E-state index in [1.54, 1.807) is 0 Å². The molecular weight excluding hydrogens is 186 g/mol. The van der Waals surface area contributed by atoms with E-state index in [9.17, 15) is 9.70 Å². The largest absolute Gasteiger partial charge is 0.433 e. The van der Waals surface area contributed by atoms with Crippen LogP contribution in [0.4, 0.5) is 0 Å². The third kappa shape index (κ3) is 2.77. The number of carbonyl (C=O) groups is 1. The van der Waals surface area contributed by atoms with Crippen LogP contribution in [0, 0.1) is 4.91 Å². The molecule has 1 aliphatic heterocycles. The first-order chi connectivity index (χ1) is 6.72. The molecule has 1 aliphatic rings. The van der Waals surface area contributed by atoms with Crippen molar-refractivity contribution >= 4 is 5.97 Å². The fourth-order valence-corrected chi connectivity index (χ4v) is 1.37. The lowest BCUT2D eigenvalue weighted by Gasteiger charge is -2.29. The van der Waals surface area contributed by atoms with Crippen molar-refractivity contribution in [2.75, 3.05) is 13.2 Å². The standard InChI is InChI=1S/C9H15NO4/c1-2-3-8(11)14-9(10-12)4-6-13-7-5-9/h2-7H2,1H3. The summed E-state index contributed by atoms with van der Waals surface area (Å²) in [6.45, 7) is 2.72. The number of hydrogen-bond acceptors (Lipinski definition) is 5. The number of nitroso groups, excluding NO2 is 1. The van der Waals surface area contributed by atoms with Crippen molar-refractivity contribution in [3.05, 3.63) is 4.91 Å². The SMILES string of the molecule is CCCC(=O)OC1(N=O)CCOCC1. The average molecular weight is 201 g/mol. The summed E-state index contributed by atoms with van der Waals surface area (Å²) in [7, 11) is 0. The van der Waals surface area contributed by atoms with Crippen molar-refractivity contribution in [2.45, 2.75) is 38.3 Å². The van der Waals surface area contributed by atoms with E-state index in [4.69, 9.17) is 9.47 Å².